The summed E-state index contributed by atoms with van der Waals surface area (Å²) >= 11 is 1.57. The lowest BCUT2D eigenvalue weighted by molar-refractivity contribution is -0.183. The number of alkyl halides is 3. The first kappa shape index (κ1) is 21.7. The molecule has 1 unspecified atom stereocenters. The summed E-state index contributed by atoms with van der Waals surface area (Å²) in [5, 5.41) is 7.45. The van der Waals surface area contributed by atoms with Crippen LogP contribution in [0.2, 0.25) is 0 Å². The van der Waals surface area contributed by atoms with E-state index in [0.29, 0.717) is 38.4 Å². The third-order valence-corrected chi connectivity index (χ3v) is 5.26. The molecule has 27 heavy (non-hydrogen) atoms. The second kappa shape index (κ2) is 9.59. The largest absolute Gasteiger partial charge is 0.405 e. The number of piperazine rings is 1. The van der Waals surface area contributed by atoms with Crippen LogP contribution in [0.1, 0.15) is 15.4 Å². The summed E-state index contributed by atoms with van der Waals surface area (Å²) in [6, 6.07) is 5.55. The van der Waals surface area contributed by atoms with Crippen LogP contribution in [0, 0.1) is 0 Å². The molecule has 1 aliphatic heterocycles. The molecule has 3 heterocycles. The molecule has 2 aromatic heterocycles. The zero-order valence-electron chi connectivity index (χ0n) is 14.5. The summed E-state index contributed by atoms with van der Waals surface area (Å²) in [5.74, 6) is -0.490. The lowest BCUT2D eigenvalue weighted by atomic mass is 10.2. The van der Waals surface area contributed by atoms with Crippen molar-refractivity contribution in [2.24, 2.45) is 0 Å². The molecular weight excluding hydrogens is 401 g/mol. The Morgan fingerprint density at radius 2 is 2.00 bits per heavy atom. The van der Waals surface area contributed by atoms with Gasteiger partial charge in [-0.05, 0) is 23.6 Å². The molecule has 2 aromatic rings. The molecule has 150 valence electrons. The van der Waals surface area contributed by atoms with Gasteiger partial charge in [-0.3, -0.25) is 9.69 Å². The van der Waals surface area contributed by atoms with Crippen LogP contribution in [0.5, 0.6) is 0 Å². The molecule has 1 fully saturated rings. The summed E-state index contributed by atoms with van der Waals surface area (Å²) in [5.41, 5.74) is 0.361. The van der Waals surface area contributed by atoms with Gasteiger partial charge in [-0.1, -0.05) is 6.07 Å². The molecule has 0 aromatic carbocycles. The number of carbonyl (C=O) groups is 1. The molecule has 0 spiro atoms. The van der Waals surface area contributed by atoms with Crippen molar-refractivity contribution in [3.8, 4) is 0 Å². The van der Waals surface area contributed by atoms with E-state index >= 15 is 0 Å². The van der Waals surface area contributed by atoms with Gasteiger partial charge in [0.05, 0.1) is 6.54 Å². The summed E-state index contributed by atoms with van der Waals surface area (Å²) in [6.07, 6.45) is -2.63. The first-order valence-electron chi connectivity index (χ1n) is 8.42. The minimum Gasteiger partial charge on any atom is -0.349 e. The molecule has 1 saturated heterocycles. The van der Waals surface area contributed by atoms with E-state index in [1.54, 1.807) is 34.2 Å². The Hall–Kier alpha value is -1.55. The maximum atomic E-state index is 13.4. The highest BCUT2D eigenvalue weighted by molar-refractivity contribution is 7.09. The van der Waals surface area contributed by atoms with E-state index in [1.807, 2.05) is 17.5 Å². The molecule has 5 nitrogen and oxygen atoms in total. The topological polar surface area (TPSA) is 49.3 Å². The van der Waals surface area contributed by atoms with Crippen molar-refractivity contribution in [3.63, 3.8) is 0 Å². The molecule has 0 aliphatic carbocycles. The molecule has 1 amide bonds. The van der Waals surface area contributed by atoms with Gasteiger partial charge in [0.2, 0.25) is 0 Å². The van der Waals surface area contributed by atoms with Crippen LogP contribution in [-0.2, 0) is 6.54 Å². The second-order valence-corrected chi connectivity index (χ2v) is 7.19. The Labute approximate surface area is 165 Å². The van der Waals surface area contributed by atoms with Gasteiger partial charge in [0.15, 0.2) is 0 Å². The lowest BCUT2D eigenvalue weighted by Gasteiger charge is -2.35. The molecular formula is C17H22ClF3N4OS. The van der Waals surface area contributed by atoms with Crippen molar-refractivity contribution in [1.29, 1.82) is 0 Å². The average molecular weight is 423 g/mol. The standard InChI is InChI=1S/C17H21F3N4OS.ClH/c18-17(19,20)15(23-8-5-21-6-9-23)11-22-16(25)14-4-1-7-24(14)12-13-3-2-10-26-13;/h1-4,7,10,15,21H,5-6,8-9,11-12H2,(H,22,25);1H. The summed E-state index contributed by atoms with van der Waals surface area (Å²) < 4.78 is 42.0. The van der Waals surface area contributed by atoms with Gasteiger partial charge in [-0.25, -0.2) is 0 Å². The highest BCUT2D eigenvalue weighted by atomic mass is 35.5. The highest BCUT2D eigenvalue weighted by Gasteiger charge is 2.43. The SMILES string of the molecule is Cl.O=C(NCC(N1CCNCC1)C(F)(F)F)c1cccn1Cc1cccs1. The quantitative estimate of drug-likeness (QED) is 0.752. The molecule has 2 N–H and O–H groups in total. The van der Waals surface area contributed by atoms with Crippen LogP contribution < -0.4 is 10.6 Å². The van der Waals surface area contributed by atoms with Crippen molar-refractivity contribution >= 4 is 29.7 Å². The number of thiophene rings is 1. The monoisotopic (exact) mass is 422 g/mol. The number of halogens is 4. The van der Waals surface area contributed by atoms with Crippen molar-refractivity contribution in [2.75, 3.05) is 32.7 Å². The van der Waals surface area contributed by atoms with Crippen LogP contribution in [0.25, 0.3) is 0 Å². The molecule has 1 aliphatic rings. The maximum Gasteiger partial charge on any atom is 0.405 e. The van der Waals surface area contributed by atoms with Gasteiger partial charge >= 0.3 is 6.18 Å². The van der Waals surface area contributed by atoms with Gasteiger partial charge in [-0.15, -0.1) is 23.7 Å². The Bertz CT molecular complexity index is 714. The summed E-state index contributed by atoms with van der Waals surface area (Å²) in [6.45, 7) is 1.73. The molecule has 0 radical (unpaired) electrons. The smallest absolute Gasteiger partial charge is 0.349 e. The van der Waals surface area contributed by atoms with Crippen LogP contribution in [0.15, 0.2) is 35.8 Å². The minimum absolute atomic E-state index is 0. The fourth-order valence-corrected chi connectivity index (χ4v) is 3.76. The molecule has 3 rings (SSSR count). The van der Waals surface area contributed by atoms with Gasteiger partial charge in [0.1, 0.15) is 11.7 Å². The van der Waals surface area contributed by atoms with Gasteiger partial charge in [0, 0.05) is 43.8 Å². The first-order valence-corrected chi connectivity index (χ1v) is 9.30. The fourth-order valence-electron chi connectivity index (χ4n) is 3.05. The lowest BCUT2D eigenvalue weighted by Crippen LogP contribution is -2.57. The number of hydrogen-bond acceptors (Lipinski definition) is 4. The second-order valence-electron chi connectivity index (χ2n) is 6.15. The first-order chi connectivity index (χ1) is 12.4. The number of nitrogens with zero attached hydrogens (tertiary/aromatic N) is 2. The van der Waals surface area contributed by atoms with Crippen LogP contribution in [0.3, 0.4) is 0 Å². The van der Waals surface area contributed by atoms with Crippen molar-refractivity contribution in [1.82, 2.24) is 20.1 Å². The van der Waals surface area contributed by atoms with Crippen LogP contribution in [0.4, 0.5) is 13.2 Å². The van der Waals surface area contributed by atoms with Crippen LogP contribution >= 0.6 is 23.7 Å². The summed E-state index contributed by atoms with van der Waals surface area (Å²) in [7, 11) is 0. The number of nitrogens with one attached hydrogen (secondary N) is 2. The van der Waals surface area contributed by atoms with Crippen molar-refractivity contribution in [2.45, 2.75) is 18.8 Å². The molecule has 10 heteroatoms. The zero-order valence-corrected chi connectivity index (χ0v) is 16.2. The molecule has 0 bridgehead atoms. The Balaban J connectivity index is 0.00000261. The third-order valence-electron chi connectivity index (χ3n) is 4.39. The van der Waals surface area contributed by atoms with Gasteiger partial charge < -0.3 is 15.2 Å². The highest BCUT2D eigenvalue weighted by Crippen LogP contribution is 2.25. The zero-order chi connectivity index (χ0) is 18.6. The predicted octanol–water partition coefficient (Wildman–Crippen LogP) is 2.59. The predicted molar refractivity (Wildman–Crippen MR) is 102 cm³/mol. The molecule has 1 atom stereocenters. The number of aromatic nitrogens is 1. The number of carbonyl (C=O) groups excluding carboxylic acids is 1. The van der Waals surface area contributed by atoms with Crippen molar-refractivity contribution in [3.05, 3.63) is 46.4 Å². The van der Waals surface area contributed by atoms with E-state index in [4.69, 9.17) is 0 Å². The van der Waals surface area contributed by atoms with E-state index in [1.165, 1.54) is 4.90 Å². The average Bonchev–Trinajstić information content (AvgIpc) is 3.27. The number of hydrogen-bond donors (Lipinski definition) is 2. The van der Waals surface area contributed by atoms with Crippen LogP contribution in [-0.4, -0.2) is 60.3 Å². The fraction of sp³-hybridized carbons (Fsp3) is 0.471. The Morgan fingerprint density at radius 3 is 2.63 bits per heavy atom. The van der Waals surface area contributed by atoms with Gasteiger partial charge in [0.25, 0.3) is 5.91 Å². The van der Waals surface area contributed by atoms with E-state index in [2.05, 4.69) is 10.6 Å². The maximum absolute atomic E-state index is 13.4. The Morgan fingerprint density at radius 1 is 1.26 bits per heavy atom. The van der Waals surface area contributed by atoms with Gasteiger partial charge in [-0.2, -0.15) is 13.2 Å². The van der Waals surface area contributed by atoms with E-state index < -0.39 is 24.7 Å². The summed E-state index contributed by atoms with van der Waals surface area (Å²) in [4.78, 5) is 14.9. The van der Waals surface area contributed by atoms with E-state index in [9.17, 15) is 18.0 Å². The van der Waals surface area contributed by atoms with Crippen molar-refractivity contribution < 1.29 is 18.0 Å². The molecule has 0 saturated carbocycles. The van der Waals surface area contributed by atoms with E-state index in [-0.39, 0.29) is 12.4 Å². The third kappa shape index (κ3) is 5.71. The van der Waals surface area contributed by atoms with E-state index in [0.717, 1.165) is 4.88 Å². The number of rotatable bonds is 6. The Kier molecular flexibility index (Phi) is 7.72. The normalized spacial score (nSPS) is 16.6. The number of amides is 1. The minimum atomic E-state index is -4.39.